The number of nitrogens with zero attached hydrogens (tertiary/aromatic N) is 2. The van der Waals surface area contributed by atoms with E-state index in [1.807, 2.05) is 0 Å². The van der Waals surface area contributed by atoms with Gasteiger partial charge in [-0.15, -0.1) is 0 Å². The second-order valence-corrected chi connectivity index (χ2v) is 5.67. The first-order chi connectivity index (χ1) is 11.0. The number of aromatic nitrogens is 1. The molecule has 1 aliphatic rings. The fraction of sp³-hybridized carbons (Fsp3) is 0.533. The Morgan fingerprint density at radius 3 is 3.00 bits per heavy atom. The van der Waals surface area contributed by atoms with Crippen molar-refractivity contribution in [1.29, 1.82) is 0 Å². The van der Waals surface area contributed by atoms with Gasteiger partial charge in [0.15, 0.2) is 0 Å². The number of piperidine rings is 1. The molecule has 4 N–H and O–H groups in total. The topological polar surface area (TPSA) is 100 Å². The molecular weight excluding hydrogens is 301 g/mol. The molecule has 7 nitrogen and oxygen atoms in total. The molecule has 1 atom stereocenters. The van der Waals surface area contributed by atoms with Crippen molar-refractivity contribution in [3.8, 4) is 0 Å². The number of carbonyl (C=O) groups excluding carboxylic acids is 2. The third kappa shape index (κ3) is 5.82. The van der Waals surface area contributed by atoms with Gasteiger partial charge in [-0.05, 0) is 32.4 Å². The Labute approximate surface area is 134 Å². The number of rotatable bonds is 6. The van der Waals surface area contributed by atoms with Crippen LogP contribution in [0.15, 0.2) is 18.5 Å². The highest BCUT2D eigenvalue weighted by molar-refractivity contribution is 5.88. The Kier molecular flexibility index (Phi) is 6.28. The number of halogens is 1. The molecule has 1 saturated heterocycles. The monoisotopic (exact) mass is 323 g/mol. The van der Waals surface area contributed by atoms with E-state index < -0.39 is 11.8 Å². The lowest BCUT2D eigenvalue weighted by Crippen LogP contribution is -2.42. The van der Waals surface area contributed by atoms with Crippen molar-refractivity contribution >= 4 is 17.6 Å². The van der Waals surface area contributed by atoms with Crippen molar-refractivity contribution in [3.63, 3.8) is 0 Å². The Balaban J connectivity index is 1.63. The summed E-state index contributed by atoms with van der Waals surface area (Å²) in [5.41, 5.74) is 5.65. The van der Waals surface area contributed by atoms with Crippen molar-refractivity contribution < 1.29 is 14.0 Å². The number of anilines is 1. The Hall–Kier alpha value is -2.22. The molecule has 126 valence electrons. The van der Waals surface area contributed by atoms with Gasteiger partial charge < -0.3 is 21.3 Å². The van der Waals surface area contributed by atoms with Crippen LogP contribution < -0.4 is 16.4 Å². The maximum atomic E-state index is 12.9. The Bertz CT molecular complexity index is 554. The van der Waals surface area contributed by atoms with Crippen LogP contribution in [0.3, 0.4) is 0 Å². The number of nitrogens with two attached hydrogens (primary N) is 1. The number of carbonyl (C=O) groups is 2. The average molecular weight is 323 g/mol. The van der Waals surface area contributed by atoms with Crippen LogP contribution in [0.4, 0.5) is 14.9 Å². The molecule has 8 heteroatoms. The average Bonchev–Trinajstić information content (AvgIpc) is 2.52. The summed E-state index contributed by atoms with van der Waals surface area (Å²) >= 11 is 0. The summed E-state index contributed by atoms with van der Waals surface area (Å²) in [5, 5.41) is 5.22. The number of amides is 3. The lowest BCUT2D eigenvalue weighted by Gasteiger charge is -2.31. The Morgan fingerprint density at radius 1 is 1.43 bits per heavy atom. The van der Waals surface area contributed by atoms with Crippen molar-refractivity contribution in [2.24, 2.45) is 11.7 Å². The van der Waals surface area contributed by atoms with Gasteiger partial charge in [-0.25, -0.2) is 9.18 Å². The number of pyridine rings is 1. The van der Waals surface area contributed by atoms with Gasteiger partial charge >= 0.3 is 6.03 Å². The van der Waals surface area contributed by atoms with Crippen LogP contribution in [-0.2, 0) is 4.79 Å². The number of likely N-dealkylation sites (tertiary alicyclic amines) is 1. The van der Waals surface area contributed by atoms with Crippen molar-refractivity contribution in [2.75, 3.05) is 31.5 Å². The van der Waals surface area contributed by atoms with Crippen LogP contribution in [0.2, 0.25) is 0 Å². The molecule has 0 spiro atoms. The van der Waals surface area contributed by atoms with Gasteiger partial charge in [0.05, 0.1) is 24.0 Å². The summed E-state index contributed by atoms with van der Waals surface area (Å²) in [6.07, 6.45) is 5.03. The molecule has 0 bridgehead atoms. The van der Waals surface area contributed by atoms with E-state index in [-0.39, 0.29) is 11.8 Å². The van der Waals surface area contributed by atoms with Crippen LogP contribution in [0.25, 0.3) is 0 Å². The summed E-state index contributed by atoms with van der Waals surface area (Å²) in [6.45, 7) is 2.93. The number of urea groups is 1. The third-order valence-corrected chi connectivity index (χ3v) is 3.81. The molecule has 0 aromatic carbocycles. The van der Waals surface area contributed by atoms with Gasteiger partial charge in [0.1, 0.15) is 5.82 Å². The molecule has 1 fully saturated rings. The molecule has 1 aliphatic heterocycles. The molecule has 3 amide bonds. The lowest BCUT2D eigenvalue weighted by atomic mass is 9.97. The molecular formula is C15H22FN5O2. The minimum absolute atomic E-state index is 0.0690. The van der Waals surface area contributed by atoms with Crippen molar-refractivity contribution in [2.45, 2.75) is 19.3 Å². The Morgan fingerprint density at radius 2 is 2.26 bits per heavy atom. The van der Waals surface area contributed by atoms with Crippen LogP contribution in [0.5, 0.6) is 0 Å². The first kappa shape index (κ1) is 17.1. The lowest BCUT2D eigenvalue weighted by molar-refractivity contribution is -0.123. The first-order valence-corrected chi connectivity index (χ1v) is 7.71. The molecule has 0 saturated carbocycles. The summed E-state index contributed by atoms with van der Waals surface area (Å²) in [5.74, 6) is -0.812. The fourth-order valence-electron chi connectivity index (χ4n) is 2.65. The summed E-state index contributed by atoms with van der Waals surface area (Å²) in [6, 6.07) is 0.802. The predicted octanol–water partition coefficient (Wildman–Crippen LogP) is 0.930. The fourth-order valence-corrected chi connectivity index (χ4v) is 2.65. The van der Waals surface area contributed by atoms with E-state index in [1.54, 1.807) is 0 Å². The van der Waals surface area contributed by atoms with E-state index >= 15 is 0 Å². The van der Waals surface area contributed by atoms with Crippen LogP contribution >= 0.6 is 0 Å². The number of hydrogen-bond donors (Lipinski definition) is 3. The van der Waals surface area contributed by atoms with Gasteiger partial charge in [-0.1, -0.05) is 0 Å². The standard InChI is InChI=1S/C15H22FN5O2/c16-12-7-13(9-18-8-12)20-15(23)19-4-2-6-21-5-1-3-11(10-21)14(17)22/h7-9,11H,1-6,10H2,(H2,17,22)(H2,19,20,23). The number of nitrogens with one attached hydrogen (secondary N) is 2. The van der Waals surface area contributed by atoms with E-state index in [0.717, 1.165) is 38.5 Å². The molecule has 1 unspecified atom stereocenters. The maximum absolute atomic E-state index is 12.9. The molecule has 2 heterocycles. The van der Waals surface area contributed by atoms with Crippen molar-refractivity contribution in [1.82, 2.24) is 15.2 Å². The van der Waals surface area contributed by atoms with E-state index in [9.17, 15) is 14.0 Å². The smallest absolute Gasteiger partial charge is 0.319 e. The largest absolute Gasteiger partial charge is 0.369 e. The second kappa shape index (κ2) is 8.42. The van der Waals surface area contributed by atoms with Gasteiger partial charge in [0.2, 0.25) is 5.91 Å². The van der Waals surface area contributed by atoms with Gasteiger partial charge in [-0.3, -0.25) is 9.78 Å². The highest BCUT2D eigenvalue weighted by Gasteiger charge is 2.23. The maximum Gasteiger partial charge on any atom is 0.319 e. The SMILES string of the molecule is NC(=O)C1CCCN(CCCNC(=O)Nc2cncc(F)c2)C1. The van der Waals surface area contributed by atoms with Crippen LogP contribution in [0, 0.1) is 11.7 Å². The van der Waals surface area contributed by atoms with Crippen LogP contribution in [0.1, 0.15) is 19.3 Å². The highest BCUT2D eigenvalue weighted by Crippen LogP contribution is 2.15. The van der Waals surface area contributed by atoms with Crippen molar-refractivity contribution in [3.05, 3.63) is 24.3 Å². The van der Waals surface area contributed by atoms with Gasteiger partial charge in [0, 0.05) is 19.2 Å². The zero-order valence-electron chi connectivity index (χ0n) is 12.9. The molecule has 1 aromatic rings. The summed E-state index contributed by atoms with van der Waals surface area (Å²) in [7, 11) is 0. The van der Waals surface area contributed by atoms with E-state index in [2.05, 4.69) is 20.5 Å². The summed E-state index contributed by atoms with van der Waals surface area (Å²) in [4.78, 5) is 28.7. The first-order valence-electron chi connectivity index (χ1n) is 7.71. The molecule has 2 rings (SSSR count). The quantitative estimate of drug-likeness (QED) is 0.678. The molecule has 0 aliphatic carbocycles. The minimum atomic E-state index is -0.503. The number of primary amides is 1. The second-order valence-electron chi connectivity index (χ2n) is 5.67. The molecule has 0 radical (unpaired) electrons. The minimum Gasteiger partial charge on any atom is -0.369 e. The normalized spacial score (nSPS) is 18.4. The van der Waals surface area contributed by atoms with Gasteiger partial charge in [-0.2, -0.15) is 0 Å². The predicted molar refractivity (Wildman–Crippen MR) is 84.2 cm³/mol. The highest BCUT2D eigenvalue weighted by atomic mass is 19.1. The zero-order valence-corrected chi connectivity index (χ0v) is 12.9. The zero-order chi connectivity index (χ0) is 16.7. The molecule has 23 heavy (non-hydrogen) atoms. The van der Waals surface area contributed by atoms with Gasteiger partial charge in [0.25, 0.3) is 0 Å². The van der Waals surface area contributed by atoms with E-state index in [1.165, 1.54) is 12.3 Å². The third-order valence-electron chi connectivity index (χ3n) is 3.81. The molecule has 1 aromatic heterocycles. The van der Waals surface area contributed by atoms with E-state index in [0.29, 0.717) is 18.8 Å². The van der Waals surface area contributed by atoms with Crippen LogP contribution in [-0.4, -0.2) is 48.0 Å². The van der Waals surface area contributed by atoms with E-state index in [4.69, 9.17) is 5.73 Å². The number of hydrogen-bond acceptors (Lipinski definition) is 4. The summed E-state index contributed by atoms with van der Waals surface area (Å²) < 4.78 is 12.9.